The topological polar surface area (TPSA) is 97.2 Å². The highest BCUT2D eigenvalue weighted by Crippen LogP contribution is 2.43. The first-order valence-corrected chi connectivity index (χ1v) is 10.2. The molecule has 3 N–H and O–H groups in total. The molecular formula is C14H30NO6PS. The van der Waals surface area contributed by atoms with Gasteiger partial charge in [-0.2, -0.15) is 0 Å². The fourth-order valence-corrected chi connectivity index (χ4v) is 2.43. The van der Waals surface area contributed by atoms with Crippen molar-refractivity contribution in [2.75, 3.05) is 33.5 Å². The van der Waals surface area contributed by atoms with Gasteiger partial charge in [0.1, 0.15) is 0 Å². The van der Waals surface area contributed by atoms with E-state index in [4.69, 9.17) is 25.6 Å². The van der Waals surface area contributed by atoms with Crippen LogP contribution in [0.1, 0.15) is 34.1 Å². The Morgan fingerprint density at radius 1 is 1.43 bits per heavy atom. The molecule has 23 heavy (non-hydrogen) atoms. The summed E-state index contributed by atoms with van der Waals surface area (Å²) in [7, 11) is 1.28. The molecule has 0 rings (SSSR count). The van der Waals surface area contributed by atoms with E-state index in [2.05, 4.69) is 5.32 Å². The van der Waals surface area contributed by atoms with E-state index < -0.39 is 12.3 Å². The number of nitrogens with one attached hydrogen (secondary N) is 1. The summed E-state index contributed by atoms with van der Waals surface area (Å²) in [6.45, 7) is 4.95. The minimum Gasteiger partial charge on any atom is -0.396 e. The second-order valence-electron chi connectivity index (χ2n) is 6.11. The summed E-state index contributed by atoms with van der Waals surface area (Å²) in [5.74, 6) is -0.109. The van der Waals surface area contributed by atoms with Gasteiger partial charge < -0.3 is 29.1 Å². The zero-order chi connectivity index (χ0) is 18.1. The average Bonchev–Trinajstić information content (AvgIpc) is 2.45. The maximum atomic E-state index is 10.9. The maximum absolute atomic E-state index is 10.9. The van der Waals surface area contributed by atoms with E-state index in [0.717, 1.165) is 6.42 Å². The molecule has 0 spiro atoms. The van der Waals surface area contributed by atoms with Crippen LogP contribution in [0.3, 0.4) is 0 Å². The molecule has 0 bridgehead atoms. The van der Waals surface area contributed by atoms with Crippen molar-refractivity contribution >= 4 is 24.4 Å². The predicted molar refractivity (Wildman–Crippen MR) is 92.5 cm³/mol. The number of carbonyl (C=O) groups is 1. The van der Waals surface area contributed by atoms with Gasteiger partial charge in [-0.05, 0) is 38.0 Å². The minimum atomic E-state index is -3.24. The van der Waals surface area contributed by atoms with Gasteiger partial charge in [0.25, 0.3) is 0 Å². The first kappa shape index (κ1) is 22.9. The molecule has 0 fully saturated rings. The number of hydrogen-bond acceptors (Lipinski definition) is 6. The Labute approximate surface area is 144 Å². The lowest BCUT2D eigenvalue weighted by molar-refractivity contribution is -0.119. The second kappa shape index (κ2) is 10.7. The third-order valence-electron chi connectivity index (χ3n) is 3.66. The van der Waals surface area contributed by atoms with Gasteiger partial charge in [-0.1, -0.05) is 6.92 Å². The molecule has 0 aromatic rings. The van der Waals surface area contributed by atoms with Gasteiger partial charge in [0.2, 0.25) is 5.91 Å². The Balaban J connectivity index is 4.30. The first-order valence-electron chi connectivity index (χ1n) is 7.56. The molecule has 1 amide bonds. The Hall–Kier alpha value is -0.0800. The fraction of sp³-hybridized carbons (Fsp3) is 0.929. The summed E-state index contributed by atoms with van der Waals surface area (Å²) in [6.07, 6.45) is 0.777. The third kappa shape index (κ3) is 10.4. The molecule has 0 saturated carbocycles. The predicted octanol–water partition coefficient (Wildman–Crippen LogP) is 1.43. The van der Waals surface area contributed by atoms with Crippen LogP contribution in [-0.4, -0.2) is 55.0 Å². The molecule has 3 unspecified atom stereocenters. The van der Waals surface area contributed by atoms with Crippen molar-refractivity contribution in [2.24, 2.45) is 11.8 Å². The van der Waals surface area contributed by atoms with Crippen molar-refractivity contribution in [3.8, 4) is 0 Å². The van der Waals surface area contributed by atoms with Gasteiger partial charge in [0.15, 0.2) is 0 Å². The first-order chi connectivity index (χ1) is 10.5. The Bertz CT molecular complexity index is 407. The molecule has 0 aromatic heterocycles. The van der Waals surface area contributed by atoms with E-state index in [-0.39, 0.29) is 31.0 Å². The van der Waals surface area contributed by atoms with Crippen molar-refractivity contribution in [3.05, 3.63) is 0 Å². The summed E-state index contributed by atoms with van der Waals surface area (Å²) >= 11 is 4.77. The van der Waals surface area contributed by atoms with Gasteiger partial charge >= 0.3 is 6.72 Å². The van der Waals surface area contributed by atoms with Crippen molar-refractivity contribution in [2.45, 2.75) is 39.7 Å². The number of hydrogen-bond donors (Lipinski definition) is 3. The highest BCUT2D eigenvalue weighted by atomic mass is 32.5. The zero-order valence-electron chi connectivity index (χ0n) is 14.6. The summed E-state index contributed by atoms with van der Waals surface area (Å²) in [5.41, 5.74) is -0.647. The lowest BCUT2D eigenvalue weighted by atomic mass is 9.92. The van der Waals surface area contributed by atoms with Gasteiger partial charge in [0.05, 0.1) is 18.8 Å². The van der Waals surface area contributed by atoms with Crippen LogP contribution >= 0.6 is 6.72 Å². The summed E-state index contributed by atoms with van der Waals surface area (Å²) in [4.78, 5) is 20.5. The molecule has 138 valence electrons. The van der Waals surface area contributed by atoms with Crippen LogP contribution in [0.15, 0.2) is 0 Å². The lowest BCUT2D eigenvalue weighted by Crippen LogP contribution is -2.40. The molecule has 7 nitrogen and oxygen atoms in total. The molecule has 0 saturated heterocycles. The van der Waals surface area contributed by atoms with Crippen LogP contribution in [0.2, 0.25) is 0 Å². The average molecular weight is 371 g/mol. The van der Waals surface area contributed by atoms with E-state index in [1.54, 1.807) is 0 Å². The van der Waals surface area contributed by atoms with Crippen LogP contribution < -0.4 is 5.32 Å². The number of aliphatic hydroxyl groups excluding tert-OH is 1. The molecule has 3 atom stereocenters. The van der Waals surface area contributed by atoms with Crippen molar-refractivity contribution in [3.63, 3.8) is 0 Å². The number of aliphatic hydroxyl groups is 1. The van der Waals surface area contributed by atoms with E-state index >= 15 is 0 Å². The molecule has 0 aliphatic carbocycles. The summed E-state index contributed by atoms with van der Waals surface area (Å²) < 4.78 is 15.8. The highest BCUT2D eigenvalue weighted by Gasteiger charge is 2.32. The molecular weight excluding hydrogens is 341 g/mol. The molecule has 0 heterocycles. The zero-order valence-corrected chi connectivity index (χ0v) is 16.3. The molecule has 0 radical (unpaired) electrons. The standard InChI is InChI=1S/C14H30NO6PS/c1-11(8-15-12(2)17)6-7-20-14(3,4)13(9-16)10-21-22(18,23)19-5/h11,13,16H,6-10H2,1-5H3,(H,15,17)(H,18,23). The van der Waals surface area contributed by atoms with E-state index in [9.17, 15) is 14.8 Å². The van der Waals surface area contributed by atoms with Crippen molar-refractivity contribution < 1.29 is 28.6 Å². The molecule has 9 heteroatoms. The van der Waals surface area contributed by atoms with Crippen LogP contribution in [-0.2, 0) is 30.4 Å². The number of amides is 1. The largest absolute Gasteiger partial charge is 0.396 e. The quantitative estimate of drug-likeness (QED) is 0.447. The van der Waals surface area contributed by atoms with Crippen LogP contribution in [0.25, 0.3) is 0 Å². The number of rotatable bonds is 12. The Kier molecular flexibility index (Phi) is 10.7. The van der Waals surface area contributed by atoms with Gasteiger partial charge in [-0.15, -0.1) is 0 Å². The molecule has 0 aromatic carbocycles. The smallest absolute Gasteiger partial charge is 0.324 e. The van der Waals surface area contributed by atoms with Crippen molar-refractivity contribution in [1.82, 2.24) is 5.32 Å². The Morgan fingerprint density at radius 2 is 2.04 bits per heavy atom. The molecule has 0 aliphatic rings. The maximum Gasteiger partial charge on any atom is 0.324 e. The van der Waals surface area contributed by atoms with Gasteiger partial charge in [0, 0.05) is 33.1 Å². The van der Waals surface area contributed by atoms with E-state index in [1.165, 1.54) is 14.0 Å². The number of ether oxygens (including phenoxy) is 1. The van der Waals surface area contributed by atoms with Crippen LogP contribution in [0.5, 0.6) is 0 Å². The third-order valence-corrected chi connectivity index (χ3v) is 5.36. The SMILES string of the molecule is COP(O)(=S)OCC(CO)C(C)(C)OCCC(C)CNC(C)=O. The molecule has 0 aliphatic heterocycles. The van der Waals surface area contributed by atoms with E-state index in [1.807, 2.05) is 20.8 Å². The van der Waals surface area contributed by atoms with Crippen LogP contribution in [0, 0.1) is 11.8 Å². The monoisotopic (exact) mass is 371 g/mol. The summed E-state index contributed by atoms with van der Waals surface area (Å²) in [5, 5.41) is 12.3. The second-order valence-corrected chi connectivity index (χ2v) is 9.05. The van der Waals surface area contributed by atoms with Gasteiger partial charge in [-0.25, -0.2) is 0 Å². The number of carbonyl (C=O) groups excluding carboxylic acids is 1. The minimum absolute atomic E-state index is 0.0477. The van der Waals surface area contributed by atoms with Crippen molar-refractivity contribution in [1.29, 1.82) is 0 Å². The fourth-order valence-electron chi connectivity index (χ4n) is 1.77. The lowest BCUT2D eigenvalue weighted by Gasteiger charge is -2.34. The van der Waals surface area contributed by atoms with Crippen LogP contribution in [0.4, 0.5) is 0 Å². The normalized spacial score (nSPS) is 17.3. The summed E-state index contributed by atoms with van der Waals surface area (Å²) in [6, 6.07) is 0. The highest BCUT2D eigenvalue weighted by molar-refractivity contribution is 8.07. The Morgan fingerprint density at radius 3 is 2.52 bits per heavy atom. The van der Waals surface area contributed by atoms with Gasteiger partial charge in [-0.3, -0.25) is 4.79 Å². The van der Waals surface area contributed by atoms with E-state index in [0.29, 0.717) is 13.2 Å².